The molecule has 2 heterocycles. The second kappa shape index (κ2) is 8.15. The van der Waals surface area contributed by atoms with Crippen molar-refractivity contribution in [3.63, 3.8) is 0 Å². The Labute approximate surface area is 163 Å². The second-order valence-electron chi connectivity index (χ2n) is 7.13. The van der Waals surface area contributed by atoms with Crippen molar-refractivity contribution in [2.75, 3.05) is 13.1 Å². The van der Waals surface area contributed by atoms with Crippen LogP contribution >= 0.6 is 12.2 Å². The summed E-state index contributed by atoms with van der Waals surface area (Å²) in [7, 11) is 0. The number of benzene rings is 2. The lowest BCUT2D eigenvalue weighted by atomic mass is 10.1. The van der Waals surface area contributed by atoms with Gasteiger partial charge in [0.15, 0.2) is 12.5 Å². The lowest BCUT2D eigenvalue weighted by molar-refractivity contribution is -0.928. The first-order chi connectivity index (χ1) is 13.2. The minimum atomic E-state index is -0.274. The Bertz CT molecular complexity index is 958. The summed E-state index contributed by atoms with van der Waals surface area (Å²) >= 11 is 5.75. The molecule has 0 unspecified atom stereocenters. The topological polar surface area (TPSA) is 27.2 Å². The van der Waals surface area contributed by atoms with Gasteiger partial charge in [-0.05, 0) is 49.2 Å². The molecule has 140 valence electrons. The Balaban J connectivity index is 1.74. The number of rotatable bonds is 5. The molecule has 0 aliphatic carbocycles. The number of halogens is 1. The summed E-state index contributed by atoms with van der Waals surface area (Å²) in [6.07, 6.45) is 3.79. The lowest BCUT2D eigenvalue weighted by Gasteiger charge is -2.22. The zero-order valence-corrected chi connectivity index (χ0v) is 16.1. The second-order valence-corrected chi connectivity index (χ2v) is 7.49. The van der Waals surface area contributed by atoms with Gasteiger partial charge in [-0.3, -0.25) is 4.57 Å². The number of piperidine rings is 1. The van der Waals surface area contributed by atoms with Crippen LogP contribution in [0.15, 0.2) is 54.6 Å². The van der Waals surface area contributed by atoms with E-state index < -0.39 is 0 Å². The average Bonchev–Trinajstić information content (AvgIpc) is 2.99. The van der Waals surface area contributed by atoms with Crippen LogP contribution < -0.4 is 4.90 Å². The summed E-state index contributed by atoms with van der Waals surface area (Å²) in [5, 5.41) is 4.75. The molecule has 2 aromatic carbocycles. The third kappa shape index (κ3) is 4.01. The fourth-order valence-corrected chi connectivity index (χ4v) is 3.97. The molecule has 0 amide bonds. The van der Waals surface area contributed by atoms with E-state index in [4.69, 9.17) is 17.3 Å². The molecule has 1 saturated heterocycles. The van der Waals surface area contributed by atoms with Crippen molar-refractivity contribution < 1.29 is 9.29 Å². The number of hydrogen-bond acceptors (Lipinski definition) is 2. The minimum absolute atomic E-state index is 0.274. The van der Waals surface area contributed by atoms with E-state index in [1.54, 1.807) is 12.1 Å². The number of quaternary nitrogens is 1. The fourth-order valence-electron chi connectivity index (χ4n) is 3.72. The Kier molecular flexibility index (Phi) is 5.45. The van der Waals surface area contributed by atoms with Crippen LogP contribution in [0.25, 0.3) is 11.4 Å². The van der Waals surface area contributed by atoms with Crippen molar-refractivity contribution in [2.45, 2.75) is 32.5 Å². The highest BCUT2D eigenvalue weighted by atomic mass is 32.1. The zero-order valence-electron chi connectivity index (χ0n) is 15.3. The molecule has 6 heteroatoms. The van der Waals surface area contributed by atoms with Gasteiger partial charge in [0.1, 0.15) is 5.82 Å². The van der Waals surface area contributed by atoms with Gasteiger partial charge in [0.05, 0.1) is 25.2 Å². The van der Waals surface area contributed by atoms with Crippen molar-refractivity contribution in [3.05, 3.63) is 70.7 Å². The highest BCUT2D eigenvalue weighted by Gasteiger charge is 2.20. The molecule has 0 saturated carbocycles. The smallest absolute Gasteiger partial charge is 0.203 e. The summed E-state index contributed by atoms with van der Waals surface area (Å²) in [4.78, 5) is 1.49. The van der Waals surface area contributed by atoms with E-state index >= 15 is 0 Å². The Morgan fingerprint density at radius 1 is 0.963 bits per heavy atom. The van der Waals surface area contributed by atoms with Crippen LogP contribution in [0.4, 0.5) is 4.39 Å². The largest absolute Gasteiger partial charge is 0.316 e. The first-order valence-corrected chi connectivity index (χ1v) is 9.93. The van der Waals surface area contributed by atoms with Gasteiger partial charge in [-0.25, -0.2) is 4.39 Å². The molecule has 1 N–H and O–H groups in total. The van der Waals surface area contributed by atoms with Crippen LogP contribution in [0.1, 0.15) is 24.8 Å². The first kappa shape index (κ1) is 18.1. The zero-order chi connectivity index (χ0) is 18.6. The van der Waals surface area contributed by atoms with Crippen molar-refractivity contribution in [2.24, 2.45) is 0 Å². The number of aromatic nitrogens is 3. The van der Waals surface area contributed by atoms with Gasteiger partial charge in [-0.2, -0.15) is 4.68 Å². The molecule has 1 aliphatic heterocycles. The normalized spacial score (nSPS) is 15.1. The SMILES string of the molecule is Fc1ccccc1-c1nn(C[NH+]2CCCCC2)c(=S)n1Cc1ccccc1. The summed E-state index contributed by atoms with van der Waals surface area (Å²) in [6.45, 7) is 3.60. The summed E-state index contributed by atoms with van der Waals surface area (Å²) < 4.78 is 19.0. The highest BCUT2D eigenvalue weighted by molar-refractivity contribution is 7.71. The summed E-state index contributed by atoms with van der Waals surface area (Å²) in [5.74, 6) is 0.322. The summed E-state index contributed by atoms with van der Waals surface area (Å²) in [5.41, 5.74) is 1.61. The fraction of sp³-hybridized carbons (Fsp3) is 0.333. The maximum Gasteiger partial charge on any atom is 0.203 e. The van der Waals surface area contributed by atoms with Gasteiger partial charge in [0, 0.05) is 0 Å². The quantitative estimate of drug-likeness (QED) is 0.685. The molecule has 1 aromatic heterocycles. The molecule has 0 atom stereocenters. The predicted molar refractivity (Wildman–Crippen MR) is 107 cm³/mol. The lowest BCUT2D eigenvalue weighted by Crippen LogP contribution is -3.12. The molecular formula is C21H24FN4S+. The molecule has 3 aromatic rings. The molecule has 0 spiro atoms. The Morgan fingerprint density at radius 3 is 2.41 bits per heavy atom. The van der Waals surface area contributed by atoms with E-state index in [0.717, 1.165) is 25.3 Å². The van der Waals surface area contributed by atoms with Crippen LogP contribution in [0, 0.1) is 10.6 Å². The molecule has 4 rings (SSSR count). The molecule has 1 fully saturated rings. The molecular weight excluding hydrogens is 359 g/mol. The maximum absolute atomic E-state index is 14.5. The van der Waals surface area contributed by atoms with Crippen molar-refractivity contribution in [1.29, 1.82) is 0 Å². The van der Waals surface area contributed by atoms with Gasteiger partial charge in [-0.15, -0.1) is 5.10 Å². The third-order valence-corrected chi connectivity index (χ3v) is 5.59. The van der Waals surface area contributed by atoms with E-state index in [1.807, 2.05) is 33.5 Å². The molecule has 0 radical (unpaired) electrons. The molecule has 27 heavy (non-hydrogen) atoms. The summed E-state index contributed by atoms with van der Waals surface area (Å²) in [6, 6.07) is 16.9. The number of hydrogen-bond donors (Lipinski definition) is 1. The molecule has 1 aliphatic rings. The average molecular weight is 384 g/mol. The van der Waals surface area contributed by atoms with Crippen LogP contribution in [0.3, 0.4) is 0 Å². The van der Waals surface area contributed by atoms with E-state index in [9.17, 15) is 4.39 Å². The van der Waals surface area contributed by atoms with Gasteiger partial charge in [0.25, 0.3) is 0 Å². The van der Waals surface area contributed by atoms with Gasteiger partial charge in [0.2, 0.25) is 4.77 Å². The standard InChI is InChI=1S/C21H23FN4S/c22-19-12-6-5-11-18(19)20-23-26(16-24-13-7-2-8-14-24)21(27)25(20)15-17-9-3-1-4-10-17/h1,3-6,9-12H,2,7-8,13-16H2/p+1. The van der Waals surface area contributed by atoms with E-state index in [-0.39, 0.29) is 5.82 Å². The van der Waals surface area contributed by atoms with Gasteiger partial charge >= 0.3 is 0 Å². The van der Waals surface area contributed by atoms with E-state index in [1.165, 1.54) is 30.2 Å². The van der Waals surface area contributed by atoms with E-state index in [0.29, 0.717) is 22.7 Å². The van der Waals surface area contributed by atoms with Gasteiger partial charge < -0.3 is 4.90 Å². The minimum Gasteiger partial charge on any atom is -0.316 e. The maximum atomic E-state index is 14.5. The Morgan fingerprint density at radius 2 is 1.67 bits per heavy atom. The van der Waals surface area contributed by atoms with Crippen molar-refractivity contribution in [3.8, 4) is 11.4 Å². The van der Waals surface area contributed by atoms with Crippen molar-refractivity contribution >= 4 is 12.2 Å². The monoisotopic (exact) mass is 383 g/mol. The molecule has 4 nitrogen and oxygen atoms in total. The van der Waals surface area contributed by atoms with Gasteiger partial charge in [-0.1, -0.05) is 42.5 Å². The number of nitrogens with zero attached hydrogens (tertiary/aromatic N) is 3. The van der Waals surface area contributed by atoms with Crippen LogP contribution in [-0.4, -0.2) is 27.4 Å². The number of likely N-dealkylation sites (tertiary alicyclic amines) is 1. The predicted octanol–water partition coefficient (Wildman–Crippen LogP) is 3.29. The third-order valence-electron chi connectivity index (χ3n) is 5.16. The van der Waals surface area contributed by atoms with Crippen LogP contribution in [0.2, 0.25) is 0 Å². The number of nitrogens with one attached hydrogen (secondary N) is 1. The first-order valence-electron chi connectivity index (χ1n) is 9.52. The highest BCUT2D eigenvalue weighted by Crippen LogP contribution is 2.22. The molecule has 0 bridgehead atoms. The van der Waals surface area contributed by atoms with Crippen LogP contribution in [-0.2, 0) is 13.2 Å². The van der Waals surface area contributed by atoms with Crippen LogP contribution in [0.5, 0.6) is 0 Å². The van der Waals surface area contributed by atoms with Crippen molar-refractivity contribution in [1.82, 2.24) is 14.3 Å². The Hall–Kier alpha value is -2.31. The van der Waals surface area contributed by atoms with E-state index in [2.05, 4.69) is 12.1 Å².